The summed E-state index contributed by atoms with van der Waals surface area (Å²) in [7, 11) is 0. The number of carbonyl (C=O) groups is 1. The molecule has 4 rings (SSSR count). The summed E-state index contributed by atoms with van der Waals surface area (Å²) in [6.07, 6.45) is 1.56. The molecular weight excluding hydrogens is 407 g/mol. The molecule has 0 saturated heterocycles. The number of amides is 1. The number of halogens is 1. The van der Waals surface area contributed by atoms with Gasteiger partial charge in [-0.15, -0.1) is 0 Å². The zero-order chi connectivity index (χ0) is 22.3. The molecule has 0 spiro atoms. The van der Waals surface area contributed by atoms with Crippen molar-refractivity contribution in [2.75, 3.05) is 0 Å². The van der Waals surface area contributed by atoms with Crippen LogP contribution in [0.1, 0.15) is 38.8 Å². The van der Waals surface area contributed by atoms with Gasteiger partial charge in [0.2, 0.25) is 0 Å². The number of rotatable bonds is 9. The Kier molecular flexibility index (Phi) is 6.82. The van der Waals surface area contributed by atoms with E-state index in [1.807, 2.05) is 6.07 Å². The maximum absolute atomic E-state index is 13.7. The lowest BCUT2D eigenvalue weighted by Gasteiger charge is -2.22. The summed E-state index contributed by atoms with van der Waals surface area (Å²) in [4.78, 5) is 14.5. The Morgan fingerprint density at radius 1 is 0.906 bits per heavy atom. The molecule has 4 aromatic rings. The van der Waals surface area contributed by atoms with Crippen LogP contribution in [0.3, 0.4) is 0 Å². The van der Waals surface area contributed by atoms with Crippen molar-refractivity contribution in [3.8, 4) is 0 Å². The standard InChI is InChI=1S/C26H25FN2O3/c1-19-7-9-20(10-8-19)16-29(17-21-4-2-5-22(27)14-21)18-24-11-12-25(32-24)26(30)28-15-23-6-3-13-31-23/h2-14H,15-18H2,1H3,(H,28,30). The van der Waals surface area contributed by atoms with Crippen molar-refractivity contribution in [2.45, 2.75) is 33.1 Å². The molecule has 0 aliphatic heterocycles. The van der Waals surface area contributed by atoms with Crippen molar-refractivity contribution >= 4 is 5.91 Å². The third kappa shape index (κ3) is 5.95. The summed E-state index contributed by atoms with van der Waals surface area (Å²) in [5.74, 6) is 1.02. The highest BCUT2D eigenvalue weighted by molar-refractivity contribution is 5.91. The monoisotopic (exact) mass is 432 g/mol. The molecule has 0 aliphatic carbocycles. The molecule has 0 aliphatic rings. The Hall–Kier alpha value is -3.64. The van der Waals surface area contributed by atoms with Crippen molar-refractivity contribution in [1.29, 1.82) is 0 Å². The summed E-state index contributed by atoms with van der Waals surface area (Å²) in [6, 6.07) is 21.9. The van der Waals surface area contributed by atoms with E-state index in [4.69, 9.17) is 8.83 Å². The molecule has 0 radical (unpaired) electrons. The Morgan fingerprint density at radius 3 is 2.47 bits per heavy atom. The summed E-state index contributed by atoms with van der Waals surface area (Å²) < 4.78 is 24.7. The second-order valence-corrected chi connectivity index (χ2v) is 7.79. The van der Waals surface area contributed by atoms with Gasteiger partial charge in [-0.3, -0.25) is 9.69 Å². The topological polar surface area (TPSA) is 58.6 Å². The van der Waals surface area contributed by atoms with E-state index in [2.05, 4.69) is 41.4 Å². The van der Waals surface area contributed by atoms with E-state index in [1.165, 1.54) is 17.7 Å². The van der Waals surface area contributed by atoms with Gasteiger partial charge in [0.1, 0.15) is 17.3 Å². The van der Waals surface area contributed by atoms with Crippen LogP contribution in [0.5, 0.6) is 0 Å². The third-order valence-corrected chi connectivity index (χ3v) is 5.09. The van der Waals surface area contributed by atoms with Gasteiger partial charge in [-0.25, -0.2) is 4.39 Å². The zero-order valence-electron chi connectivity index (χ0n) is 17.9. The Balaban J connectivity index is 1.45. The Bertz CT molecular complexity index is 1150. The molecule has 0 fully saturated rings. The molecule has 6 heteroatoms. The molecular formula is C26H25FN2O3. The fourth-order valence-corrected chi connectivity index (χ4v) is 3.49. The van der Waals surface area contributed by atoms with Crippen LogP contribution in [-0.4, -0.2) is 10.8 Å². The fourth-order valence-electron chi connectivity index (χ4n) is 3.49. The van der Waals surface area contributed by atoms with Crippen LogP contribution >= 0.6 is 0 Å². The molecule has 1 amide bonds. The first kappa shape index (κ1) is 21.6. The normalized spacial score (nSPS) is 11.1. The first-order valence-electron chi connectivity index (χ1n) is 10.5. The minimum absolute atomic E-state index is 0.243. The minimum atomic E-state index is -0.303. The summed E-state index contributed by atoms with van der Waals surface area (Å²) >= 11 is 0. The van der Waals surface area contributed by atoms with Gasteiger partial charge in [0.05, 0.1) is 19.4 Å². The Morgan fingerprint density at radius 2 is 1.72 bits per heavy atom. The van der Waals surface area contributed by atoms with Crippen molar-refractivity contribution in [2.24, 2.45) is 0 Å². The average molecular weight is 432 g/mol. The lowest BCUT2D eigenvalue weighted by Crippen LogP contribution is -2.23. The molecule has 5 nitrogen and oxygen atoms in total. The van der Waals surface area contributed by atoms with E-state index in [0.717, 1.165) is 11.1 Å². The molecule has 0 unspecified atom stereocenters. The van der Waals surface area contributed by atoms with Crippen LogP contribution in [-0.2, 0) is 26.2 Å². The number of aryl methyl sites for hydroxylation is 1. The number of benzene rings is 2. The minimum Gasteiger partial charge on any atom is -0.467 e. The lowest BCUT2D eigenvalue weighted by atomic mass is 10.1. The highest BCUT2D eigenvalue weighted by atomic mass is 19.1. The SMILES string of the molecule is Cc1ccc(CN(Cc2cccc(F)c2)Cc2ccc(C(=O)NCc3ccco3)o2)cc1. The molecule has 0 saturated carbocycles. The molecule has 164 valence electrons. The quantitative estimate of drug-likeness (QED) is 0.382. The molecule has 1 N–H and O–H groups in total. The lowest BCUT2D eigenvalue weighted by molar-refractivity contribution is 0.0915. The largest absolute Gasteiger partial charge is 0.467 e. The van der Waals surface area contributed by atoms with Crippen molar-refractivity contribution in [3.63, 3.8) is 0 Å². The first-order valence-corrected chi connectivity index (χ1v) is 10.5. The number of furan rings is 2. The molecule has 2 heterocycles. The van der Waals surface area contributed by atoms with E-state index in [0.29, 0.717) is 37.7 Å². The predicted octanol–water partition coefficient (Wildman–Crippen LogP) is 5.45. The maximum Gasteiger partial charge on any atom is 0.287 e. The van der Waals surface area contributed by atoms with Gasteiger partial charge in [0.25, 0.3) is 5.91 Å². The maximum atomic E-state index is 13.7. The smallest absolute Gasteiger partial charge is 0.287 e. The Labute approximate surface area is 186 Å². The third-order valence-electron chi connectivity index (χ3n) is 5.09. The van der Waals surface area contributed by atoms with Crippen LogP contribution in [0, 0.1) is 12.7 Å². The molecule has 2 aromatic carbocycles. The van der Waals surface area contributed by atoms with Gasteiger partial charge < -0.3 is 14.2 Å². The van der Waals surface area contributed by atoms with Crippen LogP contribution in [0.2, 0.25) is 0 Å². The van der Waals surface area contributed by atoms with Crippen molar-refractivity contribution in [3.05, 3.63) is 119 Å². The summed E-state index contributed by atoms with van der Waals surface area (Å²) in [5.41, 5.74) is 3.22. The number of nitrogens with zero attached hydrogens (tertiary/aromatic N) is 1. The van der Waals surface area contributed by atoms with E-state index >= 15 is 0 Å². The van der Waals surface area contributed by atoms with Crippen LogP contribution < -0.4 is 5.32 Å². The van der Waals surface area contributed by atoms with E-state index in [-0.39, 0.29) is 17.5 Å². The fraction of sp³-hybridized carbons (Fsp3) is 0.192. The number of hydrogen-bond donors (Lipinski definition) is 1. The van der Waals surface area contributed by atoms with Gasteiger partial charge in [-0.1, -0.05) is 42.0 Å². The predicted molar refractivity (Wildman–Crippen MR) is 119 cm³/mol. The van der Waals surface area contributed by atoms with Crippen molar-refractivity contribution in [1.82, 2.24) is 10.2 Å². The summed E-state index contributed by atoms with van der Waals surface area (Å²) in [6.45, 7) is 4.04. The highest BCUT2D eigenvalue weighted by Gasteiger charge is 2.15. The summed E-state index contributed by atoms with van der Waals surface area (Å²) in [5, 5.41) is 2.78. The second kappa shape index (κ2) is 10.1. The molecule has 0 atom stereocenters. The van der Waals surface area contributed by atoms with Gasteiger partial charge in [0.15, 0.2) is 5.76 Å². The van der Waals surface area contributed by atoms with Crippen LogP contribution in [0.15, 0.2) is 87.9 Å². The van der Waals surface area contributed by atoms with E-state index in [1.54, 1.807) is 36.6 Å². The van der Waals surface area contributed by atoms with Gasteiger partial charge in [-0.05, 0) is 54.4 Å². The first-order chi connectivity index (χ1) is 15.5. The molecule has 32 heavy (non-hydrogen) atoms. The number of hydrogen-bond acceptors (Lipinski definition) is 4. The molecule has 2 aromatic heterocycles. The molecule has 0 bridgehead atoms. The second-order valence-electron chi connectivity index (χ2n) is 7.79. The number of carbonyl (C=O) groups excluding carboxylic acids is 1. The van der Waals surface area contributed by atoms with E-state index < -0.39 is 0 Å². The van der Waals surface area contributed by atoms with Gasteiger partial charge >= 0.3 is 0 Å². The number of nitrogens with one attached hydrogen (secondary N) is 1. The van der Waals surface area contributed by atoms with Gasteiger partial charge in [-0.2, -0.15) is 0 Å². The van der Waals surface area contributed by atoms with Crippen molar-refractivity contribution < 1.29 is 18.0 Å². The zero-order valence-corrected chi connectivity index (χ0v) is 17.9. The average Bonchev–Trinajstić information content (AvgIpc) is 3.46. The van der Waals surface area contributed by atoms with Gasteiger partial charge in [0, 0.05) is 13.1 Å². The van der Waals surface area contributed by atoms with E-state index in [9.17, 15) is 9.18 Å². The highest BCUT2D eigenvalue weighted by Crippen LogP contribution is 2.17. The van der Waals surface area contributed by atoms with Crippen LogP contribution in [0.4, 0.5) is 4.39 Å². The van der Waals surface area contributed by atoms with Crippen LogP contribution in [0.25, 0.3) is 0 Å².